The summed E-state index contributed by atoms with van der Waals surface area (Å²) in [5.74, 6) is -0.672. The van der Waals surface area contributed by atoms with Crippen molar-refractivity contribution >= 4 is 34.7 Å². The number of aliphatic hydroxyl groups is 1. The molecule has 1 saturated heterocycles. The van der Waals surface area contributed by atoms with E-state index >= 15 is 0 Å². The van der Waals surface area contributed by atoms with E-state index in [1.54, 1.807) is 24.3 Å². The Kier molecular flexibility index (Phi) is 5.71. The summed E-state index contributed by atoms with van der Waals surface area (Å²) in [6.45, 7) is 1.69. The normalized spacial score (nSPS) is 20.7. The highest BCUT2D eigenvalue weighted by Gasteiger charge is 2.32. The summed E-state index contributed by atoms with van der Waals surface area (Å²) in [5.41, 5.74) is 4.29. The maximum absolute atomic E-state index is 14.9. The van der Waals surface area contributed by atoms with Crippen LogP contribution in [0.5, 0.6) is 0 Å². The van der Waals surface area contributed by atoms with Crippen LogP contribution in [0.1, 0.15) is 11.8 Å². The van der Waals surface area contributed by atoms with Crippen LogP contribution in [-0.2, 0) is 14.4 Å². The first kappa shape index (κ1) is 20.3. The molecule has 2 aliphatic rings. The summed E-state index contributed by atoms with van der Waals surface area (Å²) in [4.78, 5) is 31.3. The maximum atomic E-state index is 14.9. The number of halogens is 1. The topological polar surface area (TPSA) is 100 Å². The monoisotopic (exact) mass is 433 g/mol. The highest BCUT2D eigenvalue weighted by Crippen LogP contribution is 2.35. The van der Waals surface area contributed by atoms with Crippen LogP contribution in [0, 0.1) is 5.82 Å². The second-order valence-electron chi connectivity index (χ2n) is 6.90. The number of ether oxygens (including phenoxy) is 1. The molecule has 8 nitrogen and oxygen atoms in total. The lowest BCUT2D eigenvalue weighted by molar-refractivity contribution is -0.119. The minimum absolute atomic E-state index is 0.130. The lowest BCUT2D eigenvalue weighted by atomic mass is 10.1. The molecule has 1 aromatic carbocycles. The quantitative estimate of drug-likeness (QED) is 0.646. The second-order valence-corrected chi connectivity index (χ2v) is 7.99. The number of hydrogen-bond acceptors (Lipinski definition) is 7. The molecule has 2 aliphatic heterocycles. The molecule has 2 aromatic rings. The molecule has 0 bridgehead atoms. The van der Waals surface area contributed by atoms with Gasteiger partial charge in [-0.15, -0.1) is 11.3 Å². The van der Waals surface area contributed by atoms with E-state index in [4.69, 9.17) is 14.7 Å². The van der Waals surface area contributed by atoms with Gasteiger partial charge in [0, 0.05) is 17.4 Å². The number of carbonyl (C=O) groups is 2. The van der Waals surface area contributed by atoms with Gasteiger partial charge in [0.15, 0.2) is 0 Å². The van der Waals surface area contributed by atoms with Crippen molar-refractivity contribution in [1.29, 1.82) is 0 Å². The zero-order chi connectivity index (χ0) is 21.3. The van der Waals surface area contributed by atoms with Crippen LogP contribution in [-0.4, -0.2) is 49.0 Å². The van der Waals surface area contributed by atoms with Gasteiger partial charge >= 0.3 is 6.09 Å². The SMILES string of the molecule is CC(=O)NC[C@H]1CN(c2ccc(-c3ccc(C4=CC(CO)ON4)s3)c(F)c2)C(=O)O1. The Hall–Kier alpha value is -2.95. The number of rotatable bonds is 6. The van der Waals surface area contributed by atoms with Crippen LogP contribution in [0.25, 0.3) is 16.1 Å². The summed E-state index contributed by atoms with van der Waals surface area (Å²) >= 11 is 1.38. The molecule has 0 radical (unpaired) electrons. The fraction of sp³-hybridized carbons (Fsp3) is 0.300. The van der Waals surface area contributed by atoms with Crippen LogP contribution >= 0.6 is 11.3 Å². The van der Waals surface area contributed by atoms with Crippen molar-refractivity contribution in [2.24, 2.45) is 0 Å². The van der Waals surface area contributed by atoms with Crippen molar-refractivity contribution in [3.63, 3.8) is 0 Å². The standard InChI is InChI=1S/C20H20FN3O5S/c1-11(26)22-8-14-9-24(20(27)28-14)12-2-3-15(16(21)6-12)18-4-5-19(30-18)17-7-13(10-25)29-23-17/h2-7,13-14,23,25H,8-10H2,1H3,(H,22,26)/t13?,14-/m0/s1. The van der Waals surface area contributed by atoms with E-state index in [-0.39, 0.29) is 25.6 Å². The number of hydroxylamine groups is 1. The summed E-state index contributed by atoms with van der Waals surface area (Å²) in [7, 11) is 0. The third-order valence-corrected chi connectivity index (χ3v) is 5.86. The lowest BCUT2D eigenvalue weighted by Gasteiger charge is -2.14. The molecule has 1 unspecified atom stereocenters. The van der Waals surface area contributed by atoms with Crippen molar-refractivity contribution in [2.75, 3.05) is 24.6 Å². The average molecular weight is 433 g/mol. The van der Waals surface area contributed by atoms with Crippen molar-refractivity contribution in [3.8, 4) is 10.4 Å². The molecule has 1 aromatic heterocycles. The fourth-order valence-electron chi connectivity index (χ4n) is 3.21. The predicted molar refractivity (Wildman–Crippen MR) is 109 cm³/mol. The number of anilines is 1. The molecule has 2 atom stereocenters. The van der Waals surface area contributed by atoms with Crippen molar-refractivity contribution < 1.29 is 28.7 Å². The van der Waals surface area contributed by atoms with E-state index in [2.05, 4.69) is 10.8 Å². The second kappa shape index (κ2) is 8.42. The number of aliphatic hydroxyl groups excluding tert-OH is 1. The molecular weight excluding hydrogens is 413 g/mol. The Morgan fingerprint density at radius 3 is 2.87 bits per heavy atom. The molecule has 4 rings (SSSR count). The Morgan fingerprint density at radius 1 is 1.37 bits per heavy atom. The van der Waals surface area contributed by atoms with Crippen molar-refractivity contribution in [2.45, 2.75) is 19.1 Å². The zero-order valence-corrected chi connectivity index (χ0v) is 16.9. The molecule has 0 spiro atoms. The largest absolute Gasteiger partial charge is 0.442 e. The fourth-order valence-corrected chi connectivity index (χ4v) is 4.22. The third kappa shape index (κ3) is 4.16. The molecule has 0 aliphatic carbocycles. The summed E-state index contributed by atoms with van der Waals surface area (Å²) < 4.78 is 20.1. The minimum atomic E-state index is -0.575. The Bertz CT molecular complexity index is 1010. The number of carbonyl (C=O) groups excluding carboxylic acids is 2. The number of amides is 2. The lowest BCUT2D eigenvalue weighted by Crippen LogP contribution is -2.33. The highest BCUT2D eigenvalue weighted by atomic mass is 32.1. The van der Waals surface area contributed by atoms with Gasteiger partial charge in [0.2, 0.25) is 5.91 Å². The summed E-state index contributed by atoms with van der Waals surface area (Å²) in [6, 6.07) is 8.24. The number of hydrogen-bond donors (Lipinski definition) is 3. The number of thiophene rings is 1. The first-order valence-corrected chi connectivity index (χ1v) is 10.1. The minimum Gasteiger partial charge on any atom is -0.442 e. The van der Waals surface area contributed by atoms with Gasteiger partial charge in [-0.3, -0.25) is 20.0 Å². The molecule has 1 fully saturated rings. The Balaban J connectivity index is 1.49. The average Bonchev–Trinajstić information content (AvgIpc) is 3.45. The van der Waals surface area contributed by atoms with E-state index in [9.17, 15) is 14.0 Å². The number of nitrogens with zero attached hydrogens (tertiary/aromatic N) is 1. The molecule has 10 heteroatoms. The highest BCUT2D eigenvalue weighted by molar-refractivity contribution is 7.16. The third-order valence-electron chi connectivity index (χ3n) is 4.71. The van der Waals surface area contributed by atoms with Gasteiger partial charge in [0.25, 0.3) is 0 Å². The first-order chi connectivity index (χ1) is 14.4. The maximum Gasteiger partial charge on any atom is 0.414 e. The predicted octanol–water partition coefficient (Wildman–Crippen LogP) is 2.25. The molecule has 30 heavy (non-hydrogen) atoms. The van der Waals surface area contributed by atoms with E-state index in [1.807, 2.05) is 6.07 Å². The van der Waals surface area contributed by atoms with Gasteiger partial charge in [-0.25, -0.2) is 9.18 Å². The molecule has 0 saturated carbocycles. The molecular formula is C20H20FN3O5S. The van der Waals surface area contributed by atoms with Crippen LogP contribution in [0.2, 0.25) is 0 Å². The summed E-state index contributed by atoms with van der Waals surface area (Å²) in [5, 5.41) is 11.8. The van der Waals surface area contributed by atoms with E-state index < -0.39 is 24.1 Å². The van der Waals surface area contributed by atoms with E-state index in [0.29, 0.717) is 11.3 Å². The number of nitrogens with one attached hydrogen (secondary N) is 2. The smallest absolute Gasteiger partial charge is 0.414 e. The van der Waals surface area contributed by atoms with Crippen LogP contribution in [0.4, 0.5) is 14.9 Å². The van der Waals surface area contributed by atoms with Gasteiger partial charge < -0.3 is 15.2 Å². The van der Waals surface area contributed by atoms with Gasteiger partial charge in [-0.1, -0.05) is 0 Å². The van der Waals surface area contributed by atoms with E-state index in [0.717, 1.165) is 15.5 Å². The van der Waals surface area contributed by atoms with Crippen LogP contribution < -0.4 is 15.7 Å². The Morgan fingerprint density at radius 2 is 2.17 bits per heavy atom. The van der Waals surface area contributed by atoms with Crippen molar-refractivity contribution in [1.82, 2.24) is 10.8 Å². The molecule has 2 amide bonds. The zero-order valence-electron chi connectivity index (χ0n) is 16.1. The van der Waals surface area contributed by atoms with Crippen molar-refractivity contribution in [3.05, 3.63) is 47.1 Å². The van der Waals surface area contributed by atoms with Gasteiger partial charge in [0.1, 0.15) is 18.0 Å². The van der Waals surface area contributed by atoms with Crippen LogP contribution in [0.15, 0.2) is 36.4 Å². The Labute approximate surface area is 175 Å². The molecule has 3 heterocycles. The van der Waals surface area contributed by atoms with Gasteiger partial charge in [-0.2, -0.15) is 0 Å². The number of cyclic esters (lactones) is 1. The summed E-state index contributed by atoms with van der Waals surface area (Å²) in [6.07, 6.45) is 0.303. The van der Waals surface area contributed by atoms with Gasteiger partial charge in [0.05, 0.1) is 36.0 Å². The first-order valence-electron chi connectivity index (χ1n) is 9.31. The molecule has 158 valence electrons. The van der Waals surface area contributed by atoms with E-state index in [1.165, 1.54) is 29.2 Å². The van der Waals surface area contributed by atoms with Gasteiger partial charge in [-0.05, 0) is 36.4 Å². The number of benzene rings is 1. The van der Waals surface area contributed by atoms with Crippen LogP contribution in [0.3, 0.4) is 0 Å². The molecule has 3 N–H and O–H groups in total.